The van der Waals surface area contributed by atoms with Gasteiger partial charge in [0.1, 0.15) is 5.75 Å². The van der Waals surface area contributed by atoms with Gasteiger partial charge in [0.25, 0.3) is 0 Å². The Hall–Kier alpha value is -1.16. The van der Waals surface area contributed by atoms with Gasteiger partial charge in [0.2, 0.25) is 0 Å². The highest BCUT2D eigenvalue weighted by Crippen LogP contribution is 2.32. The summed E-state index contributed by atoms with van der Waals surface area (Å²) in [6.45, 7) is 1.41. The van der Waals surface area contributed by atoms with Gasteiger partial charge in [0.15, 0.2) is 5.78 Å². The van der Waals surface area contributed by atoms with Gasteiger partial charge in [-0.3, -0.25) is 4.79 Å². The highest BCUT2D eigenvalue weighted by atomic mass is 35.5. The lowest BCUT2D eigenvalue weighted by atomic mass is 10.1. The highest BCUT2D eigenvalue weighted by Gasteiger charge is 2.13. The zero-order valence-corrected chi connectivity index (χ0v) is 13.7. The molecule has 21 heavy (non-hydrogen) atoms. The SMILES string of the molecule is CC(=O)c1cc(Cl)cc(CSCc2ccccc2Cl)c1O. The predicted octanol–water partition coefficient (Wildman–Crippen LogP) is 5.34. The van der Waals surface area contributed by atoms with Crippen LogP contribution in [0.1, 0.15) is 28.4 Å². The van der Waals surface area contributed by atoms with E-state index < -0.39 is 0 Å². The molecule has 0 unspecified atom stereocenters. The van der Waals surface area contributed by atoms with Crippen molar-refractivity contribution < 1.29 is 9.90 Å². The quantitative estimate of drug-likeness (QED) is 0.747. The first-order valence-electron chi connectivity index (χ1n) is 6.32. The standard InChI is InChI=1S/C16H14Cl2O2S/c1-10(19)14-7-13(17)6-12(16(14)20)9-21-8-11-4-2-3-5-15(11)18/h2-7,20H,8-9H2,1H3. The minimum atomic E-state index is -0.202. The smallest absolute Gasteiger partial charge is 0.163 e. The largest absolute Gasteiger partial charge is 0.507 e. The Balaban J connectivity index is 2.10. The first-order valence-corrected chi connectivity index (χ1v) is 8.23. The first kappa shape index (κ1) is 16.2. The number of ketones is 1. The van der Waals surface area contributed by atoms with Gasteiger partial charge < -0.3 is 5.11 Å². The van der Waals surface area contributed by atoms with E-state index in [2.05, 4.69) is 0 Å². The monoisotopic (exact) mass is 340 g/mol. The first-order chi connectivity index (χ1) is 9.99. The number of benzene rings is 2. The summed E-state index contributed by atoms with van der Waals surface area (Å²) in [6.07, 6.45) is 0. The zero-order valence-electron chi connectivity index (χ0n) is 11.4. The molecule has 0 aliphatic rings. The molecule has 2 aromatic rings. The van der Waals surface area contributed by atoms with Crippen LogP contribution in [-0.2, 0) is 11.5 Å². The molecule has 0 aliphatic heterocycles. The van der Waals surface area contributed by atoms with Gasteiger partial charge in [0.05, 0.1) is 5.56 Å². The number of rotatable bonds is 5. The van der Waals surface area contributed by atoms with E-state index in [1.54, 1.807) is 17.8 Å². The van der Waals surface area contributed by atoms with Crippen LogP contribution in [0.5, 0.6) is 5.75 Å². The van der Waals surface area contributed by atoms with Gasteiger partial charge in [-0.15, -0.1) is 0 Å². The van der Waals surface area contributed by atoms with Crippen molar-refractivity contribution in [2.24, 2.45) is 0 Å². The van der Waals surface area contributed by atoms with Crippen molar-refractivity contribution in [2.75, 3.05) is 0 Å². The molecule has 0 spiro atoms. The third-order valence-electron chi connectivity index (χ3n) is 3.01. The van der Waals surface area contributed by atoms with Gasteiger partial charge in [0, 0.05) is 27.1 Å². The Labute approximate surface area is 138 Å². The molecule has 0 fully saturated rings. The molecule has 110 valence electrons. The summed E-state index contributed by atoms with van der Waals surface area (Å²) in [5, 5.41) is 11.3. The van der Waals surface area contributed by atoms with Crippen LogP contribution >= 0.6 is 35.0 Å². The van der Waals surface area contributed by atoms with E-state index in [4.69, 9.17) is 23.2 Å². The van der Waals surface area contributed by atoms with Crippen molar-refractivity contribution in [1.29, 1.82) is 0 Å². The molecule has 0 bridgehead atoms. The number of phenols is 1. The summed E-state index contributed by atoms with van der Waals surface area (Å²) in [6, 6.07) is 10.8. The predicted molar refractivity (Wildman–Crippen MR) is 89.6 cm³/mol. The maximum Gasteiger partial charge on any atom is 0.163 e. The number of carbonyl (C=O) groups is 1. The van der Waals surface area contributed by atoms with E-state index in [1.807, 2.05) is 24.3 Å². The fraction of sp³-hybridized carbons (Fsp3) is 0.188. The van der Waals surface area contributed by atoms with Crippen LogP contribution in [0.4, 0.5) is 0 Å². The zero-order chi connectivity index (χ0) is 15.4. The van der Waals surface area contributed by atoms with E-state index >= 15 is 0 Å². The van der Waals surface area contributed by atoms with Gasteiger partial charge in [-0.1, -0.05) is 41.4 Å². The van der Waals surface area contributed by atoms with Crippen molar-refractivity contribution in [3.8, 4) is 5.75 Å². The molecule has 0 atom stereocenters. The molecule has 0 heterocycles. The summed E-state index contributed by atoms with van der Waals surface area (Å²) in [4.78, 5) is 11.5. The van der Waals surface area contributed by atoms with E-state index in [1.165, 1.54) is 13.0 Å². The number of halogens is 2. The van der Waals surface area contributed by atoms with Crippen LogP contribution in [0.25, 0.3) is 0 Å². The van der Waals surface area contributed by atoms with E-state index in [9.17, 15) is 9.90 Å². The highest BCUT2D eigenvalue weighted by molar-refractivity contribution is 7.97. The number of thioether (sulfide) groups is 1. The van der Waals surface area contributed by atoms with Crippen LogP contribution in [0.3, 0.4) is 0 Å². The summed E-state index contributed by atoms with van der Waals surface area (Å²) >= 11 is 13.7. The lowest BCUT2D eigenvalue weighted by Gasteiger charge is -2.09. The lowest BCUT2D eigenvalue weighted by Crippen LogP contribution is -1.96. The minimum Gasteiger partial charge on any atom is -0.507 e. The van der Waals surface area contributed by atoms with E-state index in [-0.39, 0.29) is 17.1 Å². The van der Waals surface area contributed by atoms with Crippen LogP contribution in [0, 0.1) is 0 Å². The maximum absolute atomic E-state index is 11.5. The number of Topliss-reactive ketones (excluding diaryl/α,β-unsaturated/α-hetero) is 1. The molecule has 0 aliphatic carbocycles. The van der Waals surface area contributed by atoms with Crippen molar-refractivity contribution in [2.45, 2.75) is 18.4 Å². The fourth-order valence-corrected chi connectivity index (χ4v) is 3.46. The number of aromatic hydroxyl groups is 1. The molecule has 2 aromatic carbocycles. The van der Waals surface area contributed by atoms with Crippen molar-refractivity contribution >= 4 is 40.7 Å². The lowest BCUT2D eigenvalue weighted by molar-refractivity contribution is 0.101. The van der Waals surface area contributed by atoms with Crippen molar-refractivity contribution in [1.82, 2.24) is 0 Å². The average Bonchev–Trinajstić information content (AvgIpc) is 2.44. The van der Waals surface area contributed by atoms with Gasteiger partial charge >= 0.3 is 0 Å². The Morgan fingerprint density at radius 1 is 1.14 bits per heavy atom. The number of phenolic OH excluding ortho intramolecular Hbond substituents is 1. The van der Waals surface area contributed by atoms with Gasteiger partial charge in [-0.05, 0) is 30.7 Å². The molecule has 0 saturated heterocycles. The molecule has 2 rings (SSSR count). The molecule has 5 heteroatoms. The van der Waals surface area contributed by atoms with Crippen molar-refractivity contribution in [3.05, 3.63) is 63.1 Å². The average molecular weight is 341 g/mol. The second kappa shape index (κ2) is 7.21. The van der Waals surface area contributed by atoms with Crippen molar-refractivity contribution in [3.63, 3.8) is 0 Å². The Morgan fingerprint density at radius 3 is 2.48 bits per heavy atom. The third kappa shape index (κ3) is 4.16. The minimum absolute atomic E-state index is 0.0126. The Morgan fingerprint density at radius 2 is 1.81 bits per heavy atom. The molecule has 0 radical (unpaired) electrons. The summed E-state index contributed by atoms with van der Waals surface area (Å²) < 4.78 is 0. The molecule has 0 saturated carbocycles. The molecule has 2 nitrogen and oxygen atoms in total. The van der Waals surface area contributed by atoms with E-state index in [0.29, 0.717) is 16.3 Å². The van der Waals surface area contributed by atoms with Crippen LogP contribution in [-0.4, -0.2) is 10.9 Å². The van der Waals surface area contributed by atoms with E-state index in [0.717, 1.165) is 16.3 Å². The number of hydrogen-bond acceptors (Lipinski definition) is 3. The molecule has 0 amide bonds. The normalized spacial score (nSPS) is 10.6. The number of hydrogen-bond donors (Lipinski definition) is 1. The Bertz CT molecular complexity index is 671. The van der Waals surface area contributed by atoms with Gasteiger partial charge in [-0.2, -0.15) is 11.8 Å². The topological polar surface area (TPSA) is 37.3 Å². The van der Waals surface area contributed by atoms with Crippen LogP contribution < -0.4 is 0 Å². The third-order valence-corrected chi connectivity index (χ3v) is 4.62. The molecular weight excluding hydrogens is 327 g/mol. The Kier molecular flexibility index (Phi) is 5.57. The second-order valence-electron chi connectivity index (χ2n) is 4.60. The summed E-state index contributed by atoms with van der Waals surface area (Å²) in [7, 11) is 0. The number of carbonyl (C=O) groups excluding carboxylic acids is 1. The summed E-state index contributed by atoms with van der Waals surface area (Å²) in [5.41, 5.74) is 1.96. The maximum atomic E-state index is 11.5. The summed E-state index contributed by atoms with van der Waals surface area (Å²) in [5.74, 6) is 1.09. The second-order valence-corrected chi connectivity index (χ2v) is 6.43. The van der Waals surface area contributed by atoms with Crippen LogP contribution in [0.2, 0.25) is 10.0 Å². The van der Waals surface area contributed by atoms with Crippen LogP contribution in [0.15, 0.2) is 36.4 Å². The molecule has 0 aromatic heterocycles. The van der Waals surface area contributed by atoms with Gasteiger partial charge in [-0.25, -0.2) is 0 Å². The molecular formula is C16H14Cl2O2S. The molecule has 1 N–H and O–H groups in total. The fourth-order valence-electron chi connectivity index (χ4n) is 1.92.